The lowest BCUT2D eigenvalue weighted by Crippen LogP contribution is -2.30. The van der Waals surface area contributed by atoms with Gasteiger partial charge in [-0.1, -0.05) is 6.07 Å². The van der Waals surface area contributed by atoms with Crippen molar-refractivity contribution in [3.05, 3.63) is 27.3 Å². The van der Waals surface area contributed by atoms with Crippen molar-refractivity contribution in [2.24, 2.45) is 0 Å². The van der Waals surface area contributed by atoms with Gasteiger partial charge in [0, 0.05) is 11.4 Å². The molecule has 0 aromatic carbocycles. The fourth-order valence-corrected chi connectivity index (χ4v) is 2.99. The largest absolute Gasteiger partial charge is 0.481 e. The molecule has 5 nitrogen and oxygen atoms in total. The Bertz CT molecular complexity index is 521. The zero-order chi connectivity index (χ0) is 13.1. The van der Waals surface area contributed by atoms with Crippen LogP contribution >= 0.6 is 23.1 Å². The molecular formula is C11H9NO4S2. The number of hydrogen-bond acceptors (Lipinski definition) is 5. The van der Waals surface area contributed by atoms with E-state index in [-0.39, 0.29) is 13.0 Å². The molecule has 0 saturated carbocycles. The summed E-state index contributed by atoms with van der Waals surface area (Å²) in [6, 6.07) is 3.70. The Labute approximate surface area is 111 Å². The normalized spacial score (nSPS) is 17.8. The Morgan fingerprint density at radius 1 is 1.44 bits per heavy atom. The van der Waals surface area contributed by atoms with E-state index in [2.05, 4.69) is 0 Å². The summed E-state index contributed by atoms with van der Waals surface area (Å²) in [5, 5.41) is 10.0. The lowest BCUT2D eigenvalue weighted by molar-refractivity contribution is -0.137. The fourth-order valence-electron chi connectivity index (χ4n) is 1.40. The first-order valence-corrected chi connectivity index (χ1v) is 6.78. The maximum absolute atomic E-state index is 11.9. The van der Waals surface area contributed by atoms with Crippen molar-refractivity contribution in [1.82, 2.24) is 4.90 Å². The van der Waals surface area contributed by atoms with Gasteiger partial charge in [-0.05, 0) is 29.3 Å². The Kier molecular flexibility index (Phi) is 3.83. The molecule has 0 unspecified atom stereocenters. The number of amides is 2. The zero-order valence-electron chi connectivity index (χ0n) is 9.16. The number of aliphatic carboxylic acids is 1. The van der Waals surface area contributed by atoms with Crippen LogP contribution in [0.3, 0.4) is 0 Å². The maximum Gasteiger partial charge on any atom is 0.305 e. The standard InChI is InChI=1S/C11H9NO4S2/c13-9(14)3-4-12-10(15)8(18-11(12)16)6-7-2-1-5-17-7/h1-2,5-6H,3-4H2,(H,13,14)/b8-6+. The number of imide groups is 1. The van der Waals surface area contributed by atoms with Crippen molar-refractivity contribution in [2.75, 3.05) is 6.54 Å². The number of carboxylic acid groups (broad SMARTS) is 1. The number of hydrogen-bond donors (Lipinski definition) is 1. The van der Waals surface area contributed by atoms with Crippen molar-refractivity contribution < 1.29 is 19.5 Å². The van der Waals surface area contributed by atoms with Gasteiger partial charge in [-0.3, -0.25) is 19.3 Å². The molecule has 2 heterocycles. The van der Waals surface area contributed by atoms with Crippen LogP contribution in [0, 0.1) is 0 Å². The molecule has 1 aromatic heterocycles. The molecule has 1 aliphatic heterocycles. The van der Waals surface area contributed by atoms with Gasteiger partial charge in [0.25, 0.3) is 11.1 Å². The first-order valence-electron chi connectivity index (χ1n) is 5.08. The zero-order valence-corrected chi connectivity index (χ0v) is 10.8. The Morgan fingerprint density at radius 2 is 2.22 bits per heavy atom. The van der Waals surface area contributed by atoms with Gasteiger partial charge < -0.3 is 5.11 Å². The highest BCUT2D eigenvalue weighted by molar-refractivity contribution is 8.18. The van der Waals surface area contributed by atoms with E-state index in [0.717, 1.165) is 21.5 Å². The summed E-state index contributed by atoms with van der Waals surface area (Å²) < 4.78 is 0. The monoisotopic (exact) mass is 283 g/mol. The lowest BCUT2D eigenvalue weighted by atomic mass is 10.3. The van der Waals surface area contributed by atoms with Gasteiger partial charge in [0.1, 0.15) is 0 Å². The average molecular weight is 283 g/mol. The molecule has 0 aliphatic carbocycles. The highest BCUT2D eigenvalue weighted by atomic mass is 32.2. The summed E-state index contributed by atoms with van der Waals surface area (Å²) in [6.07, 6.45) is 1.42. The minimum atomic E-state index is -1.03. The summed E-state index contributed by atoms with van der Waals surface area (Å²) >= 11 is 2.31. The van der Waals surface area contributed by atoms with E-state index >= 15 is 0 Å². The third-order valence-corrected chi connectivity index (χ3v) is 3.97. The van der Waals surface area contributed by atoms with Crippen molar-refractivity contribution >= 4 is 46.3 Å². The average Bonchev–Trinajstić information content (AvgIpc) is 2.88. The highest BCUT2D eigenvalue weighted by Crippen LogP contribution is 2.32. The molecule has 0 bridgehead atoms. The predicted octanol–water partition coefficient (Wildman–Crippen LogP) is 2.26. The van der Waals surface area contributed by atoms with Crippen LogP contribution in [0.5, 0.6) is 0 Å². The van der Waals surface area contributed by atoms with Gasteiger partial charge in [0.05, 0.1) is 11.3 Å². The van der Waals surface area contributed by atoms with Crippen LogP contribution in [0.4, 0.5) is 4.79 Å². The lowest BCUT2D eigenvalue weighted by Gasteiger charge is -2.09. The number of thiophene rings is 1. The maximum atomic E-state index is 11.9. The van der Waals surface area contributed by atoms with E-state index in [4.69, 9.17) is 5.11 Å². The van der Waals surface area contributed by atoms with Crippen LogP contribution < -0.4 is 0 Å². The minimum Gasteiger partial charge on any atom is -0.481 e. The third-order valence-electron chi connectivity index (χ3n) is 2.24. The molecule has 1 saturated heterocycles. The van der Waals surface area contributed by atoms with E-state index in [9.17, 15) is 14.4 Å². The molecule has 0 radical (unpaired) electrons. The summed E-state index contributed by atoms with van der Waals surface area (Å²) in [4.78, 5) is 36.1. The van der Waals surface area contributed by atoms with Gasteiger partial charge in [-0.2, -0.15) is 0 Å². The van der Waals surface area contributed by atoms with E-state index in [1.807, 2.05) is 17.5 Å². The van der Waals surface area contributed by atoms with Crippen molar-refractivity contribution in [3.8, 4) is 0 Å². The molecule has 1 N–H and O–H groups in total. The molecule has 2 rings (SSSR count). The van der Waals surface area contributed by atoms with Crippen molar-refractivity contribution in [3.63, 3.8) is 0 Å². The van der Waals surface area contributed by atoms with Gasteiger partial charge in [0.2, 0.25) is 0 Å². The number of rotatable bonds is 4. The quantitative estimate of drug-likeness (QED) is 0.858. The third kappa shape index (κ3) is 2.80. The van der Waals surface area contributed by atoms with Crippen LogP contribution in [0.25, 0.3) is 6.08 Å². The molecule has 1 aliphatic rings. The molecule has 1 aromatic rings. The van der Waals surface area contributed by atoms with Crippen LogP contribution in [0.15, 0.2) is 22.4 Å². The van der Waals surface area contributed by atoms with Crippen molar-refractivity contribution in [1.29, 1.82) is 0 Å². The summed E-state index contributed by atoms with van der Waals surface area (Å²) in [5.41, 5.74) is 0. The molecule has 0 atom stereocenters. The summed E-state index contributed by atoms with van der Waals surface area (Å²) in [6.45, 7) is -0.0816. The van der Waals surface area contributed by atoms with Crippen LogP contribution in [0.2, 0.25) is 0 Å². The van der Waals surface area contributed by atoms with Crippen LogP contribution in [0.1, 0.15) is 11.3 Å². The van der Waals surface area contributed by atoms with E-state index in [1.165, 1.54) is 11.3 Å². The van der Waals surface area contributed by atoms with Gasteiger partial charge >= 0.3 is 5.97 Å². The molecular weight excluding hydrogens is 274 g/mol. The number of carbonyl (C=O) groups excluding carboxylic acids is 2. The fraction of sp³-hybridized carbons (Fsp3) is 0.182. The first-order chi connectivity index (χ1) is 8.58. The first kappa shape index (κ1) is 12.8. The second kappa shape index (κ2) is 5.36. The molecule has 18 heavy (non-hydrogen) atoms. The number of thioether (sulfide) groups is 1. The Morgan fingerprint density at radius 3 is 2.83 bits per heavy atom. The van der Waals surface area contributed by atoms with Gasteiger partial charge in [-0.25, -0.2) is 0 Å². The Balaban J connectivity index is 2.11. The van der Waals surface area contributed by atoms with Gasteiger partial charge in [0.15, 0.2) is 0 Å². The molecule has 1 fully saturated rings. The van der Waals surface area contributed by atoms with Gasteiger partial charge in [-0.15, -0.1) is 11.3 Å². The number of carboxylic acids is 1. The predicted molar refractivity (Wildman–Crippen MR) is 69.2 cm³/mol. The molecule has 94 valence electrons. The van der Waals surface area contributed by atoms with E-state index in [0.29, 0.717) is 4.91 Å². The van der Waals surface area contributed by atoms with E-state index < -0.39 is 17.1 Å². The number of nitrogens with zero attached hydrogens (tertiary/aromatic N) is 1. The Hall–Kier alpha value is -1.60. The molecule has 2 amide bonds. The smallest absolute Gasteiger partial charge is 0.305 e. The summed E-state index contributed by atoms with van der Waals surface area (Å²) in [7, 11) is 0. The minimum absolute atomic E-state index is 0.0816. The molecule has 7 heteroatoms. The van der Waals surface area contributed by atoms with E-state index in [1.54, 1.807) is 6.08 Å². The second-order valence-electron chi connectivity index (χ2n) is 3.49. The van der Waals surface area contributed by atoms with Crippen molar-refractivity contribution in [2.45, 2.75) is 6.42 Å². The number of carbonyl (C=O) groups is 3. The topological polar surface area (TPSA) is 74.7 Å². The SMILES string of the molecule is O=C(O)CCN1C(=O)S/C(=C/c2cccs2)C1=O. The van der Waals surface area contributed by atoms with Crippen LogP contribution in [-0.4, -0.2) is 33.7 Å². The highest BCUT2D eigenvalue weighted by Gasteiger charge is 2.34. The second-order valence-corrected chi connectivity index (χ2v) is 5.46. The van der Waals surface area contributed by atoms with Crippen LogP contribution in [-0.2, 0) is 9.59 Å². The molecule has 0 spiro atoms. The summed E-state index contributed by atoms with van der Waals surface area (Å²) in [5.74, 6) is -1.45.